The molecule has 0 radical (unpaired) electrons. The highest BCUT2D eigenvalue weighted by molar-refractivity contribution is 9.10. The molecule has 2 rings (SSSR count). The number of ether oxygens (including phenoxy) is 2. The van der Waals surface area contributed by atoms with E-state index in [0.717, 1.165) is 0 Å². The molecule has 0 bridgehead atoms. The number of halogens is 2. The van der Waals surface area contributed by atoms with Gasteiger partial charge in [0.1, 0.15) is 17.1 Å². The average molecular weight is 326 g/mol. The molecule has 1 aromatic carbocycles. The average Bonchev–Trinajstić information content (AvgIpc) is 2.43. The molecule has 0 unspecified atom stereocenters. The number of methoxy groups -OCH3 is 1. The Morgan fingerprint density at radius 1 is 1.37 bits per heavy atom. The van der Waals surface area contributed by atoms with E-state index in [0.29, 0.717) is 5.75 Å². The zero-order chi connectivity index (χ0) is 13.8. The maximum atomic E-state index is 13.1. The predicted molar refractivity (Wildman–Crippen MR) is 69.8 cm³/mol. The van der Waals surface area contributed by atoms with Gasteiger partial charge in [-0.2, -0.15) is 0 Å². The number of carbonyl (C=O) groups is 1. The predicted octanol–water partition coefficient (Wildman–Crippen LogP) is 3.56. The minimum absolute atomic E-state index is 0.104. The minimum Gasteiger partial charge on any atom is -0.465 e. The lowest BCUT2D eigenvalue weighted by Gasteiger charge is -2.08. The Labute approximate surface area is 117 Å². The summed E-state index contributed by atoms with van der Waals surface area (Å²) in [5, 5.41) is 0. The number of esters is 1. The number of nitrogens with zero attached hydrogens (tertiary/aromatic N) is 1. The molecule has 98 valence electrons. The molecule has 0 aliphatic carbocycles. The molecule has 19 heavy (non-hydrogen) atoms. The maximum Gasteiger partial charge on any atom is 0.343 e. The Bertz CT molecular complexity index is 619. The highest BCUT2D eigenvalue weighted by Gasteiger charge is 2.14. The van der Waals surface area contributed by atoms with Gasteiger partial charge in [0.2, 0.25) is 5.88 Å². The van der Waals surface area contributed by atoms with Crippen LogP contribution in [0, 0.1) is 5.82 Å². The summed E-state index contributed by atoms with van der Waals surface area (Å²) in [5.41, 5.74) is 0.199. The first-order chi connectivity index (χ1) is 9.11. The Morgan fingerprint density at radius 2 is 2.16 bits per heavy atom. The van der Waals surface area contributed by atoms with Crippen molar-refractivity contribution in [2.75, 3.05) is 7.11 Å². The molecule has 1 heterocycles. The smallest absolute Gasteiger partial charge is 0.343 e. The first-order valence-corrected chi connectivity index (χ1v) is 6.07. The third-order valence-corrected chi connectivity index (χ3v) is 2.89. The van der Waals surface area contributed by atoms with Crippen LogP contribution < -0.4 is 4.74 Å². The van der Waals surface area contributed by atoms with Gasteiger partial charge in [0.25, 0.3) is 0 Å². The number of aromatic nitrogens is 1. The number of benzene rings is 1. The van der Waals surface area contributed by atoms with Gasteiger partial charge in [-0.25, -0.2) is 14.2 Å². The van der Waals surface area contributed by atoms with Gasteiger partial charge < -0.3 is 9.47 Å². The topological polar surface area (TPSA) is 48.4 Å². The van der Waals surface area contributed by atoms with Crippen LogP contribution >= 0.6 is 15.9 Å². The van der Waals surface area contributed by atoms with Crippen LogP contribution in [0.25, 0.3) is 0 Å². The van der Waals surface area contributed by atoms with Crippen LogP contribution in [0.1, 0.15) is 10.4 Å². The van der Waals surface area contributed by atoms with E-state index in [1.807, 2.05) is 0 Å². The SMILES string of the molecule is COC(=O)c1cccnc1Oc1ccc(F)c(Br)c1. The van der Waals surface area contributed by atoms with Crippen LogP contribution in [0.5, 0.6) is 11.6 Å². The van der Waals surface area contributed by atoms with Gasteiger partial charge in [-0.15, -0.1) is 0 Å². The fourth-order valence-electron chi connectivity index (χ4n) is 1.39. The van der Waals surface area contributed by atoms with E-state index >= 15 is 0 Å². The van der Waals surface area contributed by atoms with Crippen molar-refractivity contribution in [2.24, 2.45) is 0 Å². The van der Waals surface area contributed by atoms with Gasteiger partial charge in [0, 0.05) is 6.20 Å². The number of hydrogen-bond acceptors (Lipinski definition) is 4. The molecule has 0 spiro atoms. The number of hydrogen-bond donors (Lipinski definition) is 0. The fourth-order valence-corrected chi connectivity index (χ4v) is 1.75. The molecular weight excluding hydrogens is 317 g/mol. The first-order valence-electron chi connectivity index (χ1n) is 5.28. The van der Waals surface area contributed by atoms with Crippen molar-refractivity contribution in [2.45, 2.75) is 0 Å². The van der Waals surface area contributed by atoms with Crippen LogP contribution in [0.4, 0.5) is 4.39 Å². The zero-order valence-electron chi connectivity index (χ0n) is 9.89. The summed E-state index contributed by atoms with van der Waals surface area (Å²) < 4.78 is 23.5. The van der Waals surface area contributed by atoms with Crippen LogP contribution in [-0.2, 0) is 4.74 Å². The van der Waals surface area contributed by atoms with Crippen molar-refractivity contribution in [3.63, 3.8) is 0 Å². The van der Waals surface area contributed by atoms with E-state index in [-0.39, 0.29) is 15.9 Å². The van der Waals surface area contributed by atoms with E-state index in [1.54, 1.807) is 6.07 Å². The lowest BCUT2D eigenvalue weighted by atomic mass is 10.2. The van der Waals surface area contributed by atoms with Gasteiger partial charge in [0.05, 0.1) is 11.6 Å². The Morgan fingerprint density at radius 3 is 2.84 bits per heavy atom. The summed E-state index contributed by atoms with van der Waals surface area (Å²) in [7, 11) is 1.27. The third kappa shape index (κ3) is 3.08. The van der Waals surface area contributed by atoms with E-state index in [1.165, 1.54) is 37.6 Å². The zero-order valence-corrected chi connectivity index (χ0v) is 11.5. The molecule has 6 heteroatoms. The lowest BCUT2D eigenvalue weighted by molar-refractivity contribution is 0.0597. The van der Waals surface area contributed by atoms with Gasteiger partial charge in [-0.1, -0.05) is 0 Å². The molecule has 0 saturated heterocycles. The van der Waals surface area contributed by atoms with Crippen molar-refractivity contribution in [3.05, 3.63) is 52.4 Å². The number of carbonyl (C=O) groups excluding carboxylic acids is 1. The largest absolute Gasteiger partial charge is 0.465 e. The Hall–Kier alpha value is -1.95. The summed E-state index contributed by atoms with van der Waals surface area (Å²) in [6.45, 7) is 0. The highest BCUT2D eigenvalue weighted by Crippen LogP contribution is 2.27. The molecule has 0 aliphatic rings. The molecule has 0 N–H and O–H groups in total. The van der Waals surface area contributed by atoms with E-state index in [2.05, 4.69) is 25.7 Å². The van der Waals surface area contributed by atoms with Crippen molar-refractivity contribution < 1.29 is 18.7 Å². The molecule has 0 amide bonds. The van der Waals surface area contributed by atoms with E-state index in [4.69, 9.17) is 4.74 Å². The standard InChI is InChI=1S/C13H9BrFNO3/c1-18-13(17)9-3-2-6-16-12(9)19-8-4-5-11(15)10(14)7-8/h2-7H,1H3. The molecule has 0 saturated carbocycles. The van der Waals surface area contributed by atoms with Gasteiger partial charge in [-0.05, 0) is 46.3 Å². The quantitative estimate of drug-likeness (QED) is 0.809. The summed E-state index contributed by atoms with van der Waals surface area (Å²) in [5.74, 6) is -0.490. The van der Waals surface area contributed by atoms with E-state index < -0.39 is 11.8 Å². The van der Waals surface area contributed by atoms with E-state index in [9.17, 15) is 9.18 Å². The van der Waals surface area contributed by atoms with Crippen LogP contribution in [-0.4, -0.2) is 18.1 Å². The van der Waals surface area contributed by atoms with Crippen LogP contribution in [0.15, 0.2) is 41.0 Å². The molecular formula is C13H9BrFNO3. The monoisotopic (exact) mass is 325 g/mol. The molecule has 4 nitrogen and oxygen atoms in total. The number of rotatable bonds is 3. The second-order valence-electron chi connectivity index (χ2n) is 3.53. The number of pyridine rings is 1. The first kappa shape index (κ1) is 13.5. The van der Waals surface area contributed by atoms with Crippen molar-refractivity contribution in [3.8, 4) is 11.6 Å². The molecule has 0 atom stereocenters. The second-order valence-corrected chi connectivity index (χ2v) is 4.38. The highest BCUT2D eigenvalue weighted by atomic mass is 79.9. The van der Waals surface area contributed by atoms with Gasteiger partial charge >= 0.3 is 5.97 Å². The Balaban J connectivity index is 2.32. The van der Waals surface area contributed by atoms with Gasteiger partial charge in [-0.3, -0.25) is 0 Å². The van der Waals surface area contributed by atoms with Gasteiger partial charge in [0.15, 0.2) is 0 Å². The minimum atomic E-state index is -0.552. The summed E-state index contributed by atoms with van der Waals surface area (Å²) >= 11 is 3.05. The second kappa shape index (κ2) is 5.79. The summed E-state index contributed by atoms with van der Waals surface area (Å²) in [6, 6.07) is 7.27. The third-order valence-electron chi connectivity index (χ3n) is 2.28. The molecule has 0 fully saturated rings. The molecule has 1 aromatic heterocycles. The van der Waals surface area contributed by atoms with Crippen LogP contribution in [0.3, 0.4) is 0 Å². The van der Waals surface area contributed by atoms with Crippen molar-refractivity contribution in [1.29, 1.82) is 0 Å². The fraction of sp³-hybridized carbons (Fsp3) is 0.0769. The maximum absolute atomic E-state index is 13.1. The lowest BCUT2D eigenvalue weighted by Crippen LogP contribution is -2.04. The molecule has 2 aromatic rings. The summed E-state index contributed by atoms with van der Waals surface area (Å²) in [6.07, 6.45) is 1.49. The van der Waals surface area contributed by atoms with Crippen LogP contribution in [0.2, 0.25) is 0 Å². The molecule has 0 aliphatic heterocycles. The normalized spacial score (nSPS) is 10.1. The summed E-state index contributed by atoms with van der Waals surface area (Å²) in [4.78, 5) is 15.5. The Kier molecular flexibility index (Phi) is 4.11. The van der Waals surface area contributed by atoms with Crippen molar-refractivity contribution in [1.82, 2.24) is 4.98 Å². The van der Waals surface area contributed by atoms with Crippen molar-refractivity contribution >= 4 is 21.9 Å².